The number of hydrogen-bond donors (Lipinski definition) is 0. The Hall–Kier alpha value is -2.79. The molecule has 0 unspecified atom stereocenters. The Morgan fingerprint density at radius 1 is 1.19 bits per heavy atom. The molecule has 5 rings (SSSR count). The summed E-state index contributed by atoms with van der Waals surface area (Å²) in [7, 11) is 1.64. The Morgan fingerprint density at radius 2 is 2.00 bits per heavy atom. The van der Waals surface area contributed by atoms with E-state index in [0.717, 1.165) is 60.4 Å². The van der Waals surface area contributed by atoms with Gasteiger partial charge in [-0.05, 0) is 37.0 Å². The number of aromatic nitrogens is 2. The maximum atomic E-state index is 14.2. The molecule has 0 radical (unpaired) electrons. The largest absolute Gasteiger partial charge is 0.497 e. The second-order valence-corrected chi connectivity index (χ2v) is 9.37. The highest BCUT2D eigenvalue weighted by molar-refractivity contribution is 7.99. The van der Waals surface area contributed by atoms with Crippen LogP contribution in [0.5, 0.6) is 5.75 Å². The van der Waals surface area contributed by atoms with Crippen LogP contribution >= 0.6 is 11.8 Å². The monoisotopic (exact) mass is 430 g/mol. The minimum atomic E-state index is -0.115. The summed E-state index contributed by atoms with van der Waals surface area (Å²) in [5.74, 6) is 1.41. The molecule has 0 amide bonds. The van der Waals surface area contributed by atoms with Crippen molar-refractivity contribution in [1.29, 1.82) is 0 Å². The van der Waals surface area contributed by atoms with E-state index in [1.807, 2.05) is 36.4 Å². The van der Waals surface area contributed by atoms with Crippen LogP contribution in [0.2, 0.25) is 0 Å². The first kappa shape index (κ1) is 20.1. The summed E-state index contributed by atoms with van der Waals surface area (Å²) in [4.78, 5) is 19.4. The fraction of sp³-hybridized carbons (Fsp3) is 0.308. The molecule has 5 heteroatoms. The lowest BCUT2D eigenvalue weighted by Crippen LogP contribution is -2.40. The van der Waals surface area contributed by atoms with E-state index in [2.05, 4.69) is 24.8 Å². The van der Waals surface area contributed by atoms with Crippen LogP contribution in [0, 0.1) is 0 Å². The van der Waals surface area contributed by atoms with Crippen LogP contribution in [0.1, 0.15) is 36.8 Å². The van der Waals surface area contributed by atoms with Gasteiger partial charge in [-0.25, -0.2) is 4.98 Å². The molecule has 1 heterocycles. The lowest BCUT2D eigenvalue weighted by atomic mass is 9.68. The number of hydrogen-bond acceptors (Lipinski definition) is 4. The van der Waals surface area contributed by atoms with Crippen molar-refractivity contribution in [3.05, 3.63) is 82.7 Å². The number of rotatable bonds is 5. The minimum Gasteiger partial charge on any atom is -0.497 e. The molecule has 2 aliphatic rings. The molecule has 0 N–H and O–H groups in total. The number of methoxy groups -OCH3 is 1. The number of thioether (sulfide) groups is 1. The van der Waals surface area contributed by atoms with Gasteiger partial charge in [0.2, 0.25) is 0 Å². The van der Waals surface area contributed by atoms with Gasteiger partial charge in [-0.2, -0.15) is 0 Å². The summed E-state index contributed by atoms with van der Waals surface area (Å²) in [6.45, 7) is 3.85. The molecule has 1 saturated carbocycles. The molecule has 0 atom stereocenters. The number of nitrogens with zero attached hydrogens (tertiary/aromatic N) is 2. The smallest absolute Gasteiger partial charge is 0.263 e. The van der Waals surface area contributed by atoms with Crippen LogP contribution in [-0.2, 0) is 11.8 Å². The van der Waals surface area contributed by atoms with Gasteiger partial charge < -0.3 is 4.74 Å². The Bertz CT molecular complexity index is 1210. The molecule has 0 saturated heterocycles. The standard InChI is InChI=1S/C26H26N2O2S/c1-3-15-31-25-27-23-21-12-5-4-9-18(21)17-26(13-6-7-14-26)22(23)24(29)28(25)19-10-8-11-20(16-19)30-2/h3-5,8-12,16H,1,6-7,13-15,17H2,2H3. The number of ether oxygens (including phenoxy) is 1. The number of benzene rings is 2. The second kappa shape index (κ2) is 8.04. The van der Waals surface area contributed by atoms with E-state index < -0.39 is 0 Å². The highest BCUT2D eigenvalue weighted by Gasteiger charge is 2.44. The fourth-order valence-electron chi connectivity index (χ4n) is 5.22. The third-order valence-corrected chi connectivity index (χ3v) is 7.52. The van der Waals surface area contributed by atoms with E-state index in [9.17, 15) is 4.79 Å². The summed E-state index contributed by atoms with van der Waals surface area (Å²) in [5.41, 5.74) is 4.91. The van der Waals surface area contributed by atoms with Crippen molar-refractivity contribution >= 4 is 11.8 Å². The summed E-state index contributed by atoms with van der Waals surface area (Å²) < 4.78 is 7.21. The van der Waals surface area contributed by atoms with Crippen LogP contribution in [0.25, 0.3) is 16.9 Å². The first-order chi connectivity index (χ1) is 15.2. The molecule has 4 nitrogen and oxygen atoms in total. The normalized spacial score (nSPS) is 16.0. The molecule has 31 heavy (non-hydrogen) atoms. The molecule has 2 aliphatic carbocycles. The molecule has 1 aromatic heterocycles. The van der Waals surface area contributed by atoms with Gasteiger partial charge in [0.15, 0.2) is 5.16 Å². The topological polar surface area (TPSA) is 44.1 Å². The lowest BCUT2D eigenvalue weighted by molar-refractivity contribution is 0.413. The third-order valence-electron chi connectivity index (χ3n) is 6.59. The van der Waals surface area contributed by atoms with Gasteiger partial charge in [-0.1, -0.05) is 61.0 Å². The van der Waals surface area contributed by atoms with Crippen molar-refractivity contribution in [2.75, 3.05) is 12.9 Å². The second-order valence-electron chi connectivity index (χ2n) is 8.38. The molecule has 0 bridgehead atoms. The summed E-state index contributed by atoms with van der Waals surface area (Å²) in [6, 6.07) is 16.1. The highest BCUT2D eigenvalue weighted by Crippen LogP contribution is 2.50. The predicted molar refractivity (Wildman–Crippen MR) is 127 cm³/mol. The first-order valence-corrected chi connectivity index (χ1v) is 11.8. The van der Waals surface area contributed by atoms with Crippen LogP contribution in [0.4, 0.5) is 0 Å². The van der Waals surface area contributed by atoms with Gasteiger partial charge in [0.25, 0.3) is 5.56 Å². The minimum absolute atomic E-state index is 0.0567. The fourth-order valence-corrected chi connectivity index (χ4v) is 5.96. The summed E-state index contributed by atoms with van der Waals surface area (Å²) in [5, 5.41) is 0.696. The SMILES string of the molecule is C=CCSc1nc2c(c(=O)n1-c1cccc(OC)c1)C1(CCCC1)Cc1ccccc1-2. The van der Waals surface area contributed by atoms with Crippen molar-refractivity contribution in [3.63, 3.8) is 0 Å². The Morgan fingerprint density at radius 3 is 2.77 bits per heavy atom. The van der Waals surface area contributed by atoms with Crippen molar-refractivity contribution in [2.45, 2.75) is 42.7 Å². The zero-order valence-electron chi connectivity index (χ0n) is 17.8. The third kappa shape index (κ3) is 3.32. The van der Waals surface area contributed by atoms with Crippen LogP contribution in [0.15, 0.2) is 71.1 Å². The van der Waals surface area contributed by atoms with E-state index in [1.54, 1.807) is 23.4 Å². The van der Waals surface area contributed by atoms with E-state index in [1.165, 1.54) is 5.56 Å². The van der Waals surface area contributed by atoms with E-state index in [-0.39, 0.29) is 11.0 Å². The Balaban J connectivity index is 1.83. The average molecular weight is 431 g/mol. The van der Waals surface area contributed by atoms with Gasteiger partial charge in [0, 0.05) is 22.8 Å². The van der Waals surface area contributed by atoms with Crippen LogP contribution in [0.3, 0.4) is 0 Å². The molecule has 1 fully saturated rings. The quantitative estimate of drug-likeness (QED) is 0.302. The van der Waals surface area contributed by atoms with Crippen LogP contribution < -0.4 is 10.3 Å². The van der Waals surface area contributed by atoms with Crippen molar-refractivity contribution in [2.24, 2.45) is 0 Å². The summed E-state index contributed by atoms with van der Waals surface area (Å²) >= 11 is 1.54. The molecule has 2 aromatic carbocycles. The number of fused-ring (bicyclic) bond motifs is 4. The maximum absolute atomic E-state index is 14.2. The van der Waals surface area contributed by atoms with Gasteiger partial charge in [0.05, 0.1) is 24.1 Å². The Labute approximate surface area is 187 Å². The predicted octanol–water partition coefficient (Wildman–Crippen LogP) is 5.55. The first-order valence-electron chi connectivity index (χ1n) is 10.8. The molecule has 158 valence electrons. The van der Waals surface area contributed by atoms with E-state index in [0.29, 0.717) is 10.9 Å². The molecule has 3 aromatic rings. The molecule has 0 aliphatic heterocycles. The zero-order chi connectivity index (χ0) is 21.4. The molecular formula is C26H26N2O2S. The lowest BCUT2D eigenvalue weighted by Gasteiger charge is -2.36. The summed E-state index contributed by atoms with van der Waals surface area (Å²) in [6.07, 6.45) is 7.17. The van der Waals surface area contributed by atoms with Gasteiger partial charge in [-0.3, -0.25) is 9.36 Å². The van der Waals surface area contributed by atoms with Gasteiger partial charge in [0.1, 0.15) is 5.75 Å². The molecular weight excluding hydrogens is 404 g/mol. The van der Waals surface area contributed by atoms with Crippen molar-refractivity contribution < 1.29 is 4.74 Å². The average Bonchev–Trinajstić information content (AvgIpc) is 3.25. The van der Waals surface area contributed by atoms with Gasteiger partial charge >= 0.3 is 0 Å². The highest BCUT2D eigenvalue weighted by atomic mass is 32.2. The zero-order valence-corrected chi connectivity index (χ0v) is 18.6. The van der Waals surface area contributed by atoms with Gasteiger partial charge in [-0.15, -0.1) is 6.58 Å². The maximum Gasteiger partial charge on any atom is 0.263 e. The van der Waals surface area contributed by atoms with E-state index >= 15 is 0 Å². The van der Waals surface area contributed by atoms with Crippen LogP contribution in [-0.4, -0.2) is 22.4 Å². The Kier molecular flexibility index (Phi) is 5.22. The molecule has 1 spiro atoms. The van der Waals surface area contributed by atoms with Crippen molar-refractivity contribution in [1.82, 2.24) is 9.55 Å². The van der Waals surface area contributed by atoms with Crippen molar-refractivity contribution in [3.8, 4) is 22.7 Å². The van der Waals surface area contributed by atoms with E-state index in [4.69, 9.17) is 9.72 Å².